The first-order valence-corrected chi connectivity index (χ1v) is 15.7. The Labute approximate surface area is 252 Å². The Morgan fingerprint density at radius 2 is 1.88 bits per heavy atom. The molecule has 0 radical (unpaired) electrons. The highest BCUT2D eigenvalue weighted by Crippen LogP contribution is 2.52. The van der Waals surface area contributed by atoms with Crippen molar-refractivity contribution < 1.29 is 17.7 Å². The van der Waals surface area contributed by atoms with Crippen LogP contribution in [0.1, 0.15) is 56.5 Å². The summed E-state index contributed by atoms with van der Waals surface area (Å²) in [5.41, 5.74) is 1.75. The number of nitrogens with one attached hydrogen (secondary N) is 2. The zero-order chi connectivity index (χ0) is 29.9. The molecule has 0 aromatic carbocycles. The number of hydrogen-bond acceptors (Lipinski definition) is 9. The third-order valence-electron chi connectivity index (χ3n) is 7.75. The first kappa shape index (κ1) is 29.4. The summed E-state index contributed by atoms with van der Waals surface area (Å²) in [5.74, 6) is 0.598. The van der Waals surface area contributed by atoms with Crippen molar-refractivity contribution >= 4 is 52.0 Å². The molecular weight excluding hydrogens is 609 g/mol. The summed E-state index contributed by atoms with van der Waals surface area (Å²) >= 11 is 5.32. The van der Waals surface area contributed by atoms with Gasteiger partial charge in [0.25, 0.3) is 0 Å². The molecule has 4 aromatic heterocycles. The molecule has 2 N–H and O–H groups in total. The minimum absolute atomic E-state index is 0.0784. The predicted molar refractivity (Wildman–Crippen MR) is 156 cm³/mol. The monoisotopic (exact) mass is 636 g/mol. The molecule has 1 aliphatic heterocycles. The van der Waals surface area contributed by atoms with Crippen LogP contribution in [0.25, 0.3) is 11.3 Å². The van der Waals surface area contributed by atoms with E-state index in [0.29, 0.717) is 30.3 Å². The van der Waals surface area contributed by atoms with E-state index in [1.165, 1.54) is 18.5 Å². The van der Waals surface area contributed by atoms with Gasteiger partial charge in [0.2, 0.25) is 5.95 Å². The number of alkyl halides is 3. The third kappa shape index (κ3) is 5.54. The normalized spacial score (nSPS) is 19.4. The van der Waals surface area contributed by atoms with Crippen LogP contribution < -0.4 is 9.62 Å². The number of aromatic nitrogens is 6. The van der Waals surface area contributed by atoms with Crippen molar-refractivity contribution in [2.75, 3.05) is 18.0 Å². The van der Waals surface area contributed by atoms with E-state index in [2.05, 4.69) is 45.6 Å². The third-order valence-corrected chi connectivity index (χ3v) is 10.6. The van der Waals surface area contributed by atoms with Gasteiger partial charge < -0.3 is 14.4 Å². The second-order valence-electron chi connectivity index (χ2n) is 11.5. The summed E-state index contributed by atoms with van der Waals surface area (Å²) in [4.78, 5) is 26.9. The molecule has 5 heterocycles. The maximum absolute atomic E-state index is 13.6. The van der Waals surface area contributed by atoms with E-state index in [9.17, 15) is 17.7 Å². The minimum atomic E-state index is -4.66. The fourth-order valence-electron chi connectivity index (χ4n) is 5.57. The van der Waals surface area contributed by atoms with Crippen molar-refractivity contribution in [1.82, 2.24) is 34.6 Å². The van der Waals surface area contributed by atoms with Crippen molar-refractivity contribution in [2.24, 2.45) is 5.41 Å². The number of nitrogens with zero attached hydrogens (tertiary/aromatic N) is 6. The van der Waals surface area contributed by atoms with Crippen LogP contribution in [0, 0.1) is 5.41 Å². The van der Waals surface area contributed by atoms with Crippen LogP contribution in [-0.4, -0.2) is 52.3 Å². The zero-order valence-corrected chi connectivity index (χ0v) is 25.4. The van der Waals surface area contributed by atoms with Gasteiger partial charge in [-0.15, -0.1) is 4.72 Å². The number of rotatable bonds is 5. The van der Waals surface area contributed by atoms with Crippen molar-refractivity contribution in [3.63, 3.8) is 0 Å². The topological polar surface area (TPSA) is 119 Å². The highest BCUT2D eigenvalue weighted by molar-refractivity contribution is 7.99. The second kappa shape index (κ2) is 10.8. The minimum Gasteiger partial charge on any atom is -0.598 e. The number of fused-ring (bicyclic) bond motifs is 2. The van der Waals surface area contributed by atoms with E-state index in [-0.39, 0.29) is 21.4 Å². The molecule has 0 bridgehead atoms. The first-order chi connectivity index (χ1) is 19.8. The molecule has 4 aromatic rings. The molecule has 1 aliphatic carbocycles. The van der Waals surface area contributed by atoms with Gasteiger partial charge in [0.15, 0.2) is 11.3 Å². The predicted octanol–water partition coefficient (Wildman–Crippen LogP) is 5.90. The van der Waals surface area contributed by atoms with E-state index in [4.69, 9.17) is 11.6 Å². The lowest BCUT2D eigenvalue weighted by molar-refractivity contribution is -0.139. The Hall–Kier alpha value is -2.65. The maximum atomic E-state index is 13.6. The fourth-order valence-corrected chi connectivity index (χ4v) is 7.74. The molecule has 0 unspecified atom stereocenters. The van der Waals surface area contributed by atoms with Crippen LogP contribution in [0.4, 0.5) is 19.1 Å². The van der Waals surface area contributed by atoms with Crippen LogP contribution in [0.15, 0.2) is 46.7 Å². The van der Waals surface area contributed by atoms with Crippen molar-refractivity contribution in [3.05, 3.63) is 58.8 Å². The maximum Gasteiger partial charge on any atom is 0.420 e. The Balaban J connectivity index is 1.21. The van der Waals surface area contributed by atoms with Gasteiger partial charge in [0.05, 0.1) is 12.2 Å². The fraction of sp³-hybridized carbons (Fsp3) is 0.444. The summed E-state index contributed by atoms with van der Waals surface area (Å²) in [6, 6.07) is 5.17. The van der Waals surface area contributed by atoms with Gasteiger partial charge in [-0.3, -0.25) is 4.98 Å². The molecule has 1 fully saturated rings. The number of aromatic amines is 1. The smallest absolute Gasteiger partial charge is 0.420 e. The van der Waals surface area contributed by atoms with E-state index < -0.39 is 33.0 Å². The van der Waals surface area contributed by atoms with Gasteiger partial charge in [-0.1, -0.05) is 29.4 Å². The summed E-state index contributed by atoms with van der Waals surface area (Å²) in [6.07, 6.45) is 2.22. The second-order valence-corrected chi connectivity index (χ2v) is 14.9. The summed E-state index contributed by atoms with van der Waals surface area (Å²) in [5, 5.41) is -0.363. The molecule has 1 spiro atoms. The van der Waals surface area contributed by atoms with Crippen molar-refractivity contribution in [1.29, 1.82) is 0 Å². The number of hydrogen-bond donors (Lipinski definition) is 2. The summed E-state index contributed by atoms with van der Waals surface area (Å²) in [6.45, 7) is 7.26. The lowest BCUT2D eigenvalue weighted by Gasteiger charge is -2.43. The number of piperidine rings is 1. The van der Waals surface area contributed by atoms with Crippen LogP contribution in [-0.2, 0) is 24.0 Å². The first-order valence-electron chi connectivity index (χ1n) is 13.3. The Kier molecular flexibility index (Phi) is 7.57. The highest BCUT2D eigenvalue weighted by Gasteiger charge is 2.51. The SMILES string of the molecule is CC(C)(C)[S@+]([O-])N[C@@H]1c2cccnc2CC12CCN(c1nc3nc(Sc4ccnc(Cl)c4C(F)(F)F)cnc3[nH]1)CC2. The van der Waals surface area contributed by atoms with Crippen LogP contribution in [0.2, 0.25) is 5.15 Å². The van der Waals surface area contributed by atoms with Crippen molar-refractivity contribution in [2.45, 2.75) is 66.9 Å². The quantitative estimate of drug-likeness (QED) is 0.204. The Morgan fingerprint density at radius 3 is 2.60 bits per heavy atom. The van der Waals surface area contributed by atoms with Gasteiger partial charge in [-0.2, -0.15) is 18.2 Å². The Morgan fingerprint density at radius 1 is 1.12 bits per heavy atom. The number of pyridine rings is 2. The van der Waals surface area contributed by atoms with Crippen molar-refractivity contribution in [3.8, 4) is 0 Å². The number of halogens is 4. The molecule has 0 saturated carbocycles. The highest BCUT2D eigenvalue weighted by atomic mass is 35.5. The van der Waals surface area contributed by atoms with E-state index in [1.807, 2.05) is 26.8 Å². The van der Waals surface area contributed by atoms with E-state index in [1.54, 1.807) is 6.20 Å². The molecule has 42 heavy (non-hydrogen) atoms. The van der Waals surface area contributed by atoms with Gasteiger partial charge in [0, 0.05) is 52.8 Å². The van der Waals surface area contributed by atoms with Crippen LogP contribution in [0.3, 0.4) is 0 Å². The number of H-pyrrole nitrogens is 1. The van der Waals surface area contributed by atoms with Gasteiger partial charge in [0.1, 0.15) is 20.5 Å². The van der Waals surface area contributed by atoms with Crippen LogP contribution in [0.5, 0.6) is 0 Å². The zero-order valence-electron chi connectivity index (χ0n) is 23.0. The van der Waals surface area contributed by atoms with Gasteiger partial charge in [-0.05, 0) is 57.7 Å². The molecule has 6 rings (SSSR count). The van der Waals surface area contributed by atoms with Gasteiger partial charge >= 0.3 is 6.18 Å². The van der Waals surface area contributed by atoms with Gasteiger partial charge in [-0.25, -0.2) is 15.0 Å². The lowest BCUT2D eigenvalue weighted by atomic mass is 9.73. The molecule has 15 heteroatoms. The molecule has 0 amide bonds. The summed E-state index contributed by atoms with van der Waals surface area (Å²) in [7, 11) is 0. The molecule has 2 atom stereocenters. The number of imidazole rings is 1. The molecular formula is C27H28ClF3N8OS2. The van der Waals surface area contributed by atoms with E-state index in [0.717, 1.165) is 42.3 Å². The lowest BCUT2D eigenvalue weighted by Crippen LogP contribution is -2.49. The van der Waals surface area contributed by atoms with E-state index >= 15 is 0 Å². The number of anilines is 1. The molecule has 2 aliphatic rings. The molecule has 9 nitrogen and oxygen atoms in total. The molecule has 1 saturated heterocycles. The standard InChI is InChI=1S/C27H28ClF3N8OS2/c1-25(2,3)42(40)38-20-15-5-4-9-32-16(15)13-26(20)7-11-39(12-8-26)24-36-22-23(37-24)35-18(14-34-22)41-17-6-10-33-21(28)19(17)27(29,30)31/h4-6,9-10,14,20,38H,7-8,11-13H2,1-3H3,(H,34,35,36,37)/t20-,42+/m1/s1. The van der Waals surface area contributed by atoms with Crippen LogP contribution >= 0.6 is 23.4 Å². The summed E-state index contributed by atoms with van der Waals surface area (Å²) < 4.78 is 56.9. The molecule has 222 valence electrons. The average molecular weight is 637 g/mol. The Bertz CT molecular complexity index is 1620. The largest absolute Gasteiger partial charge is 0.598 e. The average Bonchev–Trinajstić information content (AvgIpc) is 3.47.